The number of nitrogens with two attached hydrogens (primary N) is 1. The number of primary amides is 1. The van der Waals surface area contributed by atoms with Gasteiger partial charge in [-0.3, -0.25) is 14.3 Å². The molecule has 0 saturated heterocycles. The molecule has 40 heavy (non-hydrogen) atoms. The number of benzene rings is 2. The number of amides is 2. The number of carbonyl (C=O) groups excluding carboxylic acids is 2. The van der Waals surface area contributed by atoms with Crippen molar-refractivity contribution in [1.29, 1.82) is 5.26 Å². The summed E-state index contributed by atoms with van der Waals surface area (Å²) >= 11 is 0. The van der Waals surface area contributed by atoms with Gasteiger partial charge in [-0.1, -0.05) is 12.1 Å². The molecule has 0 fully saturated rings. The molecule has 2 heterocycles. The third-order valence-electron chi connectivity index (χ3n) is 6.07. The Kier molecular flexibility index (Phi) is 8.01. The summed E-state index contributed by atoms with van der Waals surface area (Å²) in [6, 6.07) is 14.3. The van der Waals surface area contributed by atoms with Crippen LogP contribution in [0, 0.1) is 18.3 Å². The molecule has 0 aliphatic rings. The van der Waals surface area contributed by atoms with E-state index in [-0.39, 0.29) is 29.0 Å². The number of fused-ring (bicyclic) bond motifs is 1. The van der Waals surface area contributed by atoms with Gasteiger partial charge >= 0.3 is 6.18 Å². The summed E-state index contributed by atoms with van der Waals surface area (Å²) in [6.45, 7) is 2.24. The summed E-state index contributed by atoms with van der Waals surface area (Å²) in [5, 5.41) is 18.5. The highest BCUT2D eigenvalue weighted by Crippen LogP contribution is 2.36. The van der Waals surface area contributed by atoms with Gasteiger partial charge in [-0.05, 0) is 48.9 Å². The average molecular weight is 552 g/mol. The topological polar surface area (TPSA) is 148 Å². The van der Waals surface area contributed by atoms with Crippen molar-refractivity contribution in [3.8, 4) is 6.07 Å². The predicted molar refractivity (Wildman–Crippen MR) is 141 cm³/mol. The summed E-state index contributed by atoms with van der Waals surface area (Å²) in [5.74, 6) is -1.81. The molecule has 206 valence electrons. The number of nitrogens with zero attached hydrogens (tertiary/aromatic N) is 4. The van der Waals surface area contributed by atoms with Crippen molar-refractivity contribution in [3.63, 3.8) is 0 Å². The van der Waals surface area contributed by atoms with Gasteiger partial charge < -0.3 is 21.1 Å². The van der Waals surface area contributed by atoms with E-state index in [1.807, 2.05) is 6.07 Å². The normalized spacial score (nSPS) is 11.3. The molecule has 4 rings (SSSR count). The molecule has 0 aliphatic carbocycles. The Bertz CT molecular complexity index is 1620. The number of ether oxygens (including phenoxy) is 1. The van der Waals surface area contributed by atoms with E-state index in [1.54, 1.807) is 49.6 Å². The minimum absolute atomic E-state index is 0.0307. The van der Waals surface area contributed by atoms with Gasteiger partial charge in [-0.2, -0.15) is 23.5 Å². The highest BCUT2D eigenvalue weighted by atomic mass is 19.4. The zero-order valence-electron chi connectivity index (χ0n) is 21.5. The number of rotatable bonds is 9. The van der Waals surface area contributed by atoms with E-state index in [4.69, 9.17) is 15.7 Å². The maximum absolute atomic E-state index is 14.0. The van der Waals surface area contributed by atoms with Crippen LogP contribution in [-0.4, -0.2) is 46.8 Å². The number of hydrogen-bond acceptors (Lipinski definition) is 7. The number of nitriles is 1. The Hall–Kier alpha value is -4.96. The van der Waals surface area contributed by atoms with Crippen LogP contribution in [0.3, 0.4) is 0 Å². The number of hydrogen-bond donors (Lipinski definition) is 3. The lowest BCUT2D eigenvalue weighted by Crippen LogP contribution is -2.19. The molecular formula is C27H24F3N7O3. The van der Waals surface area contributed by atoms with Gasteiger partial charge in [0.05, 0.1) is 47.2 Å². The molecule has 2 aromatic carbocycles. The van der Waals surface area contributed by atoms with Gasteiger partial charge in [0.25, 0.3) is 11.8 Å². The van der Waals surface area contributed by atoms with E-state index in [1.165, 1.54) is 6.92 Å². The first kappa shape index (κ1) is 28.1. The van der Waals surface area contributed by atoms with Crippen molar-refractivity contribution in [1.82, 2.24) is 14.8 Å². The molecule has 10 nitrogen and oxygen atoms in total. The maximum Gasteiger partial charge on any atom is 0.437 e. The van der Waals surface area contributed by atoms with Crippen LogP contribution in [0.4, 0.5) is 24.5 Å². The van der Waals surface area contributed by atoms with E-state index in [2.05, 4.69) is 20.7 Å². The van der Waals surface area contributed by atoms with Crippen LogP contribution in [0.25, 0.3) is 10.9 Å². The first-order chi connectivity index (χ1) is 19.0. The number of alkyl halides is 3. The third-order valence-corrected chi connectivity index (χ3v) is 6.07. The molecular weight excluding hydrogens is 527 g/mol. The van der Waals surface area contributed by atoms with Crippen LogP contribution in [0.5, 0.6) is 0 Å². The number of pyridine rings is 1. The second-order valence-corrected chi connectivity index (χ2v) is 8.80. The fourth-order valence-corrected chi connectivity index (χ4v) is 4.03. The number of anilines is 2. The smallest absolute Gasteiger partial charge is 0.383 e. The summed E-state index contributed by atoms with van der Waals surface area (Å²) in [7, 11) is 1.55. The standard InChI is InChI=1S/C27H24F3N7O3/c1-15-23(24(27(28,29)30)36-37(15)14-17-5-3-16(13-31)4-6-17)35-26(39)20-12-22(25(32)38)34-21-8-7-18(11-19(20)21)33-9-10-40-2/h3-8,11-12,33H,9-10,14H2,1-2H3,(H2,32,38)(H,35,39). The molecule has 2 amide bonds. The van der Waals surface area contributed by atoms with E-state index < -0.39 is 29.4 Å². The Morgan fingerprint density at radius 1 is 1.15 bits per heavy atom. The van der Waals surface area contributed by atoms with E-state index >= 15 is 0 Å². The molecule has 0 atom stereocenters. The van der Waals surface area contributed by atoms with Gasteiger partial charge in [0.2, 0.25) is 0 Å². The van der Waals surface area contributed by atoms with Gasteiger partial charge in [-0.25, -0.2) is 4.98 Å². The first-order valence-corrected chi connectivity index (χ1v) is 11.9. The summed E-state index contributed by atoms with van der Waals surface area (Å²) < 4.78 is 48.1. The average Bonchev–Trinajstić information content (AvgIpc) is 3.23. The van der Waals surface area contributed by atoms with Gasteiger partial charge in [-0.15, -0.1) is 0 Å². The number of nitrogens with one attached hydrogen (secondary N) is 2. The lowest BCUT2D eigenvalue weighted by Gasteiger charge is -2.13. The molecule has 0 saturated carbocycles. The second kappa shape index (κ2) is 11.4. The molecule has 2 aromatic heterocycles. The minimum Gasteiger partial charge on any atom is -0.383 e. The zero-order valence-corrected chi connectivity index (χ0v) is 21.5. The minimum atomic E-state index is -4.87. The quantitative estimate of drug-likeness (QED) is 0.265. The van der Waals surface area contributed by atoms with E-state index in [0.717, 1.165) is 10.7 Å². The van der Waals surface area contributed by atoms with E-state index in [9.17, 15) is 22.8 Å². The fraction of sp³-hybridized carbons (Fsp3) is 0.222. The molecule has 4 N–H and O–H groups in total. The fourth-order valence-electron chi connectivity index (χ4n) is 4.03. The summed E-state index contributed by atoms with van der Waals surface area (Å²) in [5.41, 5.74) is 5.21. The maximum atomic E-state index is 14.0. The molecule has 4 aromatic rings. The largest absolute Gasteiger partial charge is 0.437 e. The van der Waals surface area contributed by atoms with Crippen molar-refractivity contribution >= 4 is 34.1 Å². The highest BCUT2D eigenvalue weighted by molar-refractivity contribution is 6.14. The zero-order chi connectivity index (χ0) is 29.0. The van der Waals surface area contributed by atoms with Crippen molar-refractivity contribution in [2.75, 3.05) is 30.9 Å². The van der Waals surface area contributed by atoms with Crippen molar-refractivity contribution < 1.29 is 27.5 Å². The monoisotopic (exact) mass is 551 g/mol. The highest BCUT2D eigenvalue weighted by Gasteiger charge is 2.39. The van der Waals surface area contributed by atoms with Crippen LogP contribution >= 0.6 is 0 Å². The number of halogens is 3. The third kappa shape index (κ3) is 6.02. The van der Waals surface area contributed by atoms with Crippen molar-refractivity contribution in [2.45, 2.75) is 19.6 Å². The van der Waals surface area contributed by atoms with Crippen molar-refractivity contribution in [3.05, 3.63) is 82.3 Å². The van der Waals surface area contributed by atoms with Crippen LogP contribution in [0.2, 0.25) is 0 Å². The van der Waals surface area contributed by atoms with Gasteiger partial charge in [0.15, 0.2) is 5.69 Å². The van der Waals surface area contributed by atoms with Crippen LogP contribution in [0.15, 0.2) is 48.5 Å². The van der Waals surface area contributed by atoms with Crippen LogP contribution in [-0.2, 0) is 17.5 Å². The Morgan fingerprint density at radius 3 is 2.50 bits per heavy atom. The number of aromatic nitrogens is 3. The molecule has 13 heteroatoms. The Morgan fingerprint density at radius 2 is 1.88 bits per heavy atom. The summed E-state index contributed by atoms with van der Waals surface area (Å²) in [6.07, 6.45) is -4.87. The van der Waals surface area contributed by atoms with Gasteiger partial charge in [0, 0.05) is 24.7 Å². The molecule has 0 aliphatic heterocycles. The Balaban J connectivity index is 1.75. The molecule has 0 radical (unpaired) electrons. The van der Waals surface area contributed by atoms with Gasteiger partial charge in [0.1, 0.15) is 5.69 Å². The number of methoxy groups -OCH3 is 1. The molecule has 0 bridgehead atoms. The van der Waals surface area contributed by atoms with E-state index in [0.29, 0.717) is 35.4 Å². The lowest BCUT2D eigenvalue weighted by atomic mass is 10.1. The van der Waals surface area contributed by atoms with Crippen molar-refractivity contribution in [2.24, 2.45) is 5.73 Å². The number of carbonyl (C=O) groups is 2. The second-order valence-electron chi connectivity index (χ2n) is 8.80. The summed E-state index contributed by atoms with van der Waals surface area (Å²) in [4.78, 5) is 29.6. The van der Waals surface area contributed by atoms with Crippen LogP contribution < -0.4 is 16.4 Å². The predicted octanol–water partition coefficient (Wildman–Crippen LogP) is 4.09. The molecule has 0 unspecified atom stereocenters. The lowest BCUT2D eigenvalue weighted by molar-refractivity contribution is -0.140. The van der Waals surface area contributed by atoms with Crippen LogP contribution in [0.1, 0.15) is 43.4 Å². The molecule has 0 spiro atoms. The first-order valence-electron chi connectivity index (χ1n) is 11.9. The Labute approximate surface area is 226 Å². The SMILES string of the molecule is COCCNc1ccc2nc(C(N)=O)cc(C(=O)Nc3c(C(F)(F)F)nn(Cc4ccc(C#N)cc4)c3C)c2c1.